The normalized spacial score (nSPS) is 22.1. The van der Waals surface area contributed by atoms with Crippen LogP contribution in [0.15, 0.2) is 36.4 Å². The standard InChI is InChI=1S/C29H40N2O5/c1-20-12-11-13-21(2)30(20)16-9-6-10-17-31-23-14-7-8-15-24(23)36-27(29(31)32)22-18-25(33-3)28(35-5)26(19-22)34-4/h7-8,14-15,18-21,27H,6,9-13,16-17H2,1-5H3/t20-,21+,27?. The monoisotopic (exact) mass is 496 g/mol. The molecule has 1 saturated heterocycles. The van der Waals surface area contributed by atoms with Crippen molar-refractivity contribution in [2.45, 2.75) is 70.6 Å². The van der Waals surface area contributed by atoms with Crippen LogP contribution in [0, 0.1) is 0 Å². The summed E-state index contributed by atoms with van der Waals surface area (Å²) in [5, 5.41) is 0. The van der Waals surface area contributed by atoms with Crippen molar-refractivity contribution < 1.29 is 23.7 Å². The first-order valence-corrected chi connectivity index (χ1v) is 13.1. The molecule has 0 aliphatic carbocycles. The largest absolute Gasteiger partial charge is 0.493 e. The molecule has 1 fully saturated rings. The number of carbonyl (C=O) groups excluding carboxylic acids is 1. The number of benzene rings is 2. The van der Waals surface area contributed by atoms with E-state index in [0.29, 0.717) is 47.2 Å². The predicted octanol–water partition coefficient (Wildman–Crippen LogP) is 5.61. The molecule has 0 saturated carbocycles. The minimum atomic E-state index is -0.788. The molecular weight excluding hydrogens is 456 g/mol. The molecule has 0 N–H and O–H groups in total. The van der Waals surface area contributed by atoms with E-state index in [-0.39, 0.29) is 5.91 Å². The fourth-order valence-electron chi connectivity index (χ4n) is 5.57. The molecule has 2 heterocycles. The molecule has 36 heavy (non-hydrogen) atoms. The summed E-state index contributed by atoms with van der Waals surface area (Å²) in [4.78, 5) is 18.2. The predicted molar refractivity (Wildman–Crippen MR) is 142 cm³/mol. The van der Waals surface area contributed by atoms with Gasteiger partial charge < -0.3 is 23.8 Å². The molecule has 0 bridgehead atoms. The van der Waals surface area contributed by atoms with Gasteiger partial charge in [0.2, 0.25) is 11.9 Å². The Morgan fingerprint density at radius 2 is 1.53 bits per heavy atom. The molecule has 2 aliphatic heterocycles. The zero-order chi connectivity index (χ0) is 25.7. The molecule has 2 aromatic carbocycles. The number of ether oxygens (including phenoxy) is 4. The Labute approximate surface area is 215 Å². The summed E-state index contributed by atoms with van der Waals surface area (Å²) >= 11 is 0. The number of anilines is 1. The van der Waals surface area contributed by atoms with Crippen LogP contribution in [0.5, 0.6) is 23.0 Å². The van der Waals surface area contributed by atoms with Crippen molar-refractivity contribution in [3.05, 3.63) is 42.0 Å². The van der Waals surface area contributed by atoms with Crippen LogP contribution >= 0.6 is 0 Å². The number of unbranched alkanes of at least 4 members (excludes halogenated alkanes) is 2. The zero-order valence-electron chi connectivity index (χ0n) is 22.3. The maximum atomic E-state index is 13.7. The van der Waals surface area contributed by atoms with Gasteiger partial charge >= 0.3 is 0 Å². The number of fused-ring (bicyclic) bond motifs is 1. The summed E-state index contributed by atoms with van der Waals surface area (Å²) in [5.74, 6) is 2.10. The number of hydrogen-bond acceptors (Lipinski definition) is 6. The third kappa shape index (κ3) is 5.41. The molecule has 7 heteroatoms. The molecule has 4 rings (SSSR count). The molecule has 2 aromatic rings. The van der Waals surface area contributed by atoms with E-state index in [2.05, 4.69) is 18.7 Å². The fraction of sp³-hybridized carbons (Fsp3) is 0.552. The highest BCUT2D eigenvalue weighted by Gasteiger charge is 2.36. The number of amides is 1. The highest BCUT2D eigenvalue weighted by atomic mass is 16.5. The Kier molecular flexibility index (Phi) is 8.62. The Balaban J connectivity index is 1.47. The number of piperidine rings is 1. The van der Waals surface area contributed by atoms with E-state index in [1.54, 1.807) is 33.5 Å². The Bertz CT molecular complexity index is 1010. The van der Waals surface area contributed by atoms with Crippen molar-refractivity contribution >= 4 is 11.6 Å². The molecule has 7 nitrogen and oxygen atoms in total. The van der Waals surface area contributed by atoms with E-state index in [9.17, 15) is 4.79 Å². The minimum Gasteiger partial charge on any atom is -0.493 e. The van der Waals surface area contributed by atoms with E-state index in [0.717, 1.165) is 31.5 Å². The van der Waals surface area contributed by atoms with Gasteiger partial charge in [0, 0.05) is 24.2 Å². The van der Waals surface area contributed by atoms with Crippen molar-refractivity contribution in [2.75, 3.05) is 39.3 Å². The van der Waals surface area contributed by atoms with E-state index in [1.165, 1.54) is 19.3 Å². The van der Waals surface area contributed by atoms with Gasteiger partial charge in [0.25, 0.3) is 5.91 Å². The average Bonchev–Trinajstić information content (AvgIpc) is 2.89. The zero-order valence-corrected chi connectivity index (χ0v) is 22.3. The number of carbonyl (C=O) groups is 1. The van der Waals surface area contributed by atoms with Crippen LogP contribution in [-0.2, 0) is 4.79 Å². The van der Waals surface area contributed by atoms with Crippen LogP contribution in [-0.4, -0.2) is 57.3 Å². The SMILES string of the molecule is COc1cc(C2Oc3ccccc3N(CCCCCN3[C@H](C)CCC[C@@H]3C)C2=O)cc(OC)c1OC. The van der Waals surface area contributed by atoms with Crippen LogP contribution in [0.1, 0.15) is 64.0 Å². The smallest absolute Gasteiger partial charge is 0.272 e. The van der Waals surface area contributed by atoms with Gasteiger partial charge in [-0.05, 0) is 70.3 Å². The van der Waals surface area contributed by atoms with Crippen LogP contribution in [0.3, 0.4) is 0 Å². The molecular formula is C29H40N2O5. The van der Waals surface area contributed by atoms with Gasteiger partial charge in [0.1, 0.15) is 5.75 Å². The number of methoxy groups -OCH3 is 3. The van der Waals surface area contributed by atoms with E-state index >= 15 is 0 Å². The third-order valence-corrected chi connectivity index (χ3v) is 7.56. The van der Waals surface area contributed by atoms with Gasteiger partial charge in [-0.3, -0.25) is 9.69 Å². The lowest BCUT2D eigenvalue weighted by molar-refractivity contribution is -0.126. The maximum absolute atomic E-state index is 13.7. The lowest BCUT2D eigenvalue weighted by Gasteiger charge is -2.39. The lowest BCUT2D eigenvalue weighted by atomic mass is 9.97. The number of likely N-dealkylation sites (tertiary alicyclic amines) is 1. The number of hydrogen-bond donors (Lipinski definition) is 0. The molecule has 0 spiro atoms. The van der Waals surface area contributed by atoms with Crippen molar-refractivity contribution in [1.29, 1.82) is 0 Å². The molecule has 1 amide bonds. The van der Waals surface area contributed by atoms with Crippen molar-refractivity contribution in [1.82, 2.24) is 4.90 Å². The number of para-hydroxylation sites is 2. The Hall–Kier alpha value is -2.93. The van der Waals surface area contributed by atoms with Gasteiger partial charge in [-0.1, -0.05) is 25.0 Å². The first-order valence-electron chi connectivity index (χ1n) is 13.1. The van der Waals surface area contributed by atoms with E-state index in [4.69, 9.17) is 18.9 Å². The van der Waals surface area contributed by atoms with E-state index < -0.39 is 6.10 Å². The second-order valence-corrected chi connectivity index (χ2v) is 9.84. The second-order valence-electron chi connectivity index (χ2n) is 9.84. The first-order chi connectivity index (χ1) is 17.5. The molecule has 2 aliphatic rings. The minimum absolute atomic E-state index is 0.0822. The Morgan fingerprint density at radius 1 is 0.889 bits per heavy atom. The Morgan fingerprint density at radius 3 is 2.17 bits per heavy atom. The molecule has 0 aromatic heterocycles. The van der Waals surface area contributed by atoms with Crippen LogP contribution in [0.25, 0.3) is 0 Å². The van der Waals surface area contributed by atoms with Crippen LogP contribution < -0.4 is 23.8 Å². The molecule has 196 valence electrons. The van der Waals surface area contributed by atoms with Crippen LogP contribution in [0.4, 0.5) is 5.69 Å². The summed E-state index contributed by atoms with van der Waals surface area (Å²) in [7, 11) is 4.70. The van der Waals surface area contributed by atoms with Gasteiger partial charge in [-0.15, -0.1) is 0 Å². The van der Waals surface area contributed by atoms with Crippen molar-refractivity contribution in [3.8, 4) is 23.0 Å². The molecule has 1 unspecified atom stereocenters. The molecule has 3 atom stereocenters. The fourth-order valence-corrected chi connectivity index (χ4v) is 5.57. The van der Waals surface area contributed by atoms with Gasteiger partial charge in [-0.2, -0.15) is 0 Å². The lowest BCUT2D eigenvalue weighted by Crippen LogP contribution is -2.44. The van der Waals surface area contributed by atoms with Crippen molar-refractivity contribution in [2.24, 2.45) is 0 Å². The van der Waals surface area contributed by atoms with Gasteiger partial charge in [-0.25, -0.2) is 0 Å². The summed E-state index contributed by atoms with van der Waals surface area (Å²) < 4.78 is 22.7. The first kappa shape index (κ1) is 26.1. The summed E-state index contributed by atoms with van der Waals surface area (Å²) in [6, 6.07) is 12.7. The molecule has 0 radical (unpaired) electrons. The maximum Gasteiger partial charge on any atom is 0.272 e. The van der Waals surface area contributed by atoms with Gasteiger partial charge in [0.15, 0.2) is 11.5 Å². The van der Waals surface area contributed by atoms with Gasteiger partial charge in [0.05, 0.1) is 27.0 Å². The average molecular weight is 497 g/mol. The number of rotatable bonds is 10. The topological polar surface area (TPSA) is 60.5 Å². The highest BCUT2D eigenvalue weighted by molar-refractivity contribution is 6.00. The summed E-state index contributed by atoms with van der Waals surface area (Å²) in [5.41, 5.74) is 1.49. The highest BCUT2D eigenvalue weighted by Crippen LogP contribution is 2.44. The third-order valence-electron chi connectivity index (χ3n) is 7.56. The quantitative estimate of drug-likeness (QED) is 0.399. The summed E-state index contributed by atoms with van der Waals surface area (Å²) in [6.45, 7) is 6.49. The van der Waals surface area contributed by atoms with E-state index in [1.807, 2.05) is 29.2 Å². The summed E-state index contributed by atoms with van der Waals surface area (Å²) in [6.07, 6.45) is 6.31. The second kappa shape index (κ2) is 11.9. The number of nitrogens with zero attached hydrogens (tertiary/aromatic N) is 2. The van der Waals surface area contributed by atoms with Crippen molar-refractivity contribution in [3.63, 3.8) is 0 Å². The van der Waals surface area contributed by atoms with Crippen LogP contribution in [0.2, 0.25) is 0 Å².